The van der Waals surface area contributed by atoms with E-state index in [-0.39, 0.29) is 42.5 Å². The minimum absolute atomic E-state index is 0. The molecule has 0 amide bonds. The molecule has 0 saturated carbocycles. The molecule has 1 aromatic carbocycles. The molecule has 0 aromatic heterocycles. The Balaban J connectivity index is 0.00000110. The molecule has 100 valence electrons. The van der Waals surface area contributed by atoms with Crippen molar-refractivity contribution in [1.29, 1.82) is 0 Å². The van der Waals surface area contributed by atoms with Gasteiger partial charge in [0.2, 0.25) is 0 Å². The van der Waals surface area contributed by atoms with Gasteiger partial charge in [-0.15, -0.1) is 5.53 Å². The van der Waals surface area contributed by atoms with Crippen LogP contribution in [0.15, 0.2) is 42.0 Å². The fourth-order valence-electron chi connectivity index (χ4n) is 1.91. The zero-order valence-corrected chi connectivity index (χ0v) is 13.9. The van der Waals surface area contributed by atoms with Crippen molar-refractivity contribution < 1.29 is 41.2 Å². The van der Waals surface area contributed by atoms with Gasteiger partial charge in [0.05, 0.1) is 11.9 Å². The monoisotopic (exact) mass is 300 g/mol. The summed E-state index contributed by atoms with van der Waals surface area (Å²) in [6.45, 7) is 1.93. The van der Waals surface area contributed by atoms with Crippen molar-refractivity contribution in [3.05, 3.63) is 42.0 Å². The standard InChI is InChI=1S/C12H12N4O2S.Na.H/c1-7-4-12(19)16-11(13-7)6-15(14-16)8-2-3-9(17)10(18)5-8;;/h2-6,13-14,17-18H,1H3;;/q;+1;-1. The normalized spacial score (nSPS) is 16.9. The quantitative estimate of drug-likeness (QED) is 0.283. The van der Waals surface area contributed by atoms with Gasteiger partial charge in [-0.2, -0.15) is 0 Å². The molecule has 2 aliphatic rings. The van der Waals surface area contributed by atoms with E-state index in [4.69, 9.17) is 12.2 Å². The fourth-order valence-corrected chi connectivity index (χ4v) is 2.22. The van der Waals surface area contributed by atoms with Gasteiger partial charge < -0.3 is 17.0 Å². The van der Waals surface area contributed by atoms with Crippen LogP contribution < -0.4 is 45.4 Å². The van der Waals surface area contributed by atoms with Crippen LogP contribution in [0.3, 0.4) is 0 Å². The van der Waals surface area contributed by atoms with E-state index in [1.54, 1.807) is 16.1 Å². The number of hydrogen-bond acceptors (Lipinski definition) is 6. The van der Waals surface area contributed by atoms with Crippen molar-refractivity contribution >= 4 is 22.9 Å². The summed E-state index contributed by atoms with van der Waals surface area (Å²) in [4.78, 5) is 0.646. The zero-order chi connectivity index (χ0) is 13.6. The van der Waals surface area contributed by atoms with Crippen molar-refractivity contribution in [3.63, 3.8) is 0 Å². The zero-order valence-electron chi connectivity index (χ0n) is 12.1. The summed E-state index contributed by atoms with van der Waals surface area (Å²) in [5.74, 6) is 0.476. The van der Waals surface area contributed by atoms with Gasteiger partial charge >= 0.3 is 29.6 Å². The topological polar surface area (TPSA) is 71.0 Å². The third-order valence-corrected chi connectivity index (χ3v) is 3.12. The molecule has 0 unspecified atom stereocenters. The maximum absolute atomic E-state index is 9.52. The molecule has 8 heteroatoms. The summed E-state index contributed by atoms with van der Waals surface area (Å²) < 4.78 is 0. The first-order valence-electron chi connectivity index (χ1n) is 5.63. The molecule has 0 atom stereocenters. The molecule has 20 heavy (non-hydrogen) atoms. The van der Waals surface area contributed by atoms with Crippen LogP contribution in [0.1, 0.15) is 8.35 Å². The van der Waals surface area contributed by atoms with Gasteiger partial charge in [-0.25, -0.2) is 5.01 Å². The van der Waals surface area contributed by atoms with Gasteiger partial charge in [-0.3, -0.25) is 5.01 Å². The van der Waals surface area contributed by atoms with Gasteiger partial charge in [0.15, 0.2) is 11.5 Å². The van der Waals surface area contributed by atoms with Crippen LogP contribution in [-0.4, -0.2) is 20.2 Å². The molecule has 1 aromatic rings. The molecule has 2 heterocycles. The number of hydrogen-bond donors (Lipinski definition) is 4. The van der Waals surface area contributed by atoms with Crippen LogP contribution in [0.5, 0.6) is 11.5 Å². The average molecular weight is 300 g/mol. The third kappa shape index (κ3) is 2.63. The van der Waals surface area contributed by atoms with E-state index < -0.39 is 0 Å². The Bertz CT molecular complexity index is 638. The van der Waals surface area contributed by atoms with Crippen molar-refractivity contribution in [2.45, 2.75) is 6.92 Å². The van der Waals surface area contributed by atoms with Gasteiger partial charge in [0.1, 0.15) is 10.8 Å². The second kappa shape index (κ2) is 5.63. The molecule has 0 aliphatic carbocycles. The first-order chi connectivity index (χ1) is 9.04. The summed E-state index contributed by atoms with van der Waals surface area (Å²) in [7, 11) is 0. The second-order valence-electron chi connectivity index (χ2n) is 4.28. The van der Waals surface area contributed by atoms with Crippen molar-refractivity contribution in [2.75, 3.05) is 5.01 Å². The number of phenolic OH excluding ortho intramolecular Hbond substituents is 2. The molecule has 0 saturated heterocycles. The molecule has 2 aliphatic heterocycles. The number of aromatic hydroxyl groups is 2. The molecule has 6 nitrogen and oxygen atoms in total. The Kier molecular flexibility index (Phi) is 4.26. The van der Waals surface area contributed by atoms with E-state index in [0.717, 1.165) is 11.5 Å². The van der Waals surface area contributed by atoms with E-state index in [1.165, 1.54) is 12.1 Å². The number of anilines is 1. The van der Waals surface area contributed by atoms with Crippen molar-refractivity contribution in [1.82, 2.24) is 15.9 Å². The number of phenols is 2. The Hall–Kier alpha value is -1.25. The largest absolute Gasteiger partial charge is 1.00 e. The first-order valence-corrected chi connectivity index (χ1v) is 6.04. The molecular formula is C12H13N4NaO2S. The third-order valence-electron chi connectivity index (χ3n) is 2.82. The number of fused-ring (bicyclic) bond motifs is 1. The number of rotatable bonds is 1. The molecule has 0 spiro atoms. The Morgan fingerprint density at radius 2 is 2.00 bits per heavy atom. The predicted octanol–water partition coefficient (Wildman–Crippen LogP) is -1.61. The summed E-state index contributed by atoms with van der Waals surface area (Å²) >= 11 is 5.26. The van der Waals surface area contributed by atoms with Crippen LogP contribution >= 0.6 is 12.2 Å². The number of benzene rings is 1. The average Bonchev–Trinajstić information content (AvgIpc) is 2.76. The maximum Gasteiger partial charge on any atom is 1.00 e. The van der Waals surface area contributed by atoms with E-state index in [0.29, 0.717) is 10.7 Å². The van der Waals surface area contributed by atoms with Crippen LogP contribution in [0.4, 0.5) is 5.69 Å². The Morgan fingerprint density at radius 1 is 1.25 bits per heavy atom. The van der Waals surface area contributed by atoms with Crippen LogP contribution in [0.25, 0.3) is 0 Å². The smallest absolute Gasteiger partial charge is 1.00 e. The Labute approximate surface area is 145 Å². The number of allylic oxidation sites excluding steroid dienone is 1. The number of thiocarbonyl (C=S) groups is 1. The van der Waals surface area contributed by atoms with Crippen LogP contribution in [0.2, 0.25) is 0 Å². The molecule has 4 N–H and O–H groups in total. The van der Waals surface area contributed by atoms with Crippen LogP contribution in [0, 0.1) is 0 Å². The second-order valence-corrected chi connectivity index (χ2v) is 4.70. The minimum atomic E-state index is -0.174. The minimum Gasteiger partial charge on any atom is -1.00 e. The summed E-state index contributed by atoms with van der Waals surface area (Å²) in [5, 5.41) is 25.4. The first kappa shape index (κ1) is 15.1. The van der Waals surface area contributed by atoms with E-state index >= 15 is 0 Å². The van der Waals surface area contributed by atoms with Crippen LogP contribution in [-0.2, 0) is 0 Å². The molecular weight excluding hydrogens is 287 g/mol. The Morgan fingerprint density at radius 3 is 2.70 bits per heavy atom. The molecule has 0 bridgehead atoms. The molecule has 0 fully saturated rings. The van der Waals surface area contributed by atoms with Gasteiger partial charge in [-0.05, 0) is 25.1 Å². The summed E-state index contributed by atoms with van der Waals surface area (Å²) in [5.41, 5.74) is 4.70. The number of nitrogens with zero attached hydrogens (tertiary/aromatic N) is 2. The van der Waals surface area contributed by atoms with Gasteiger partial charge in [-0.1, -0.05) is 12.2 Å². The van der Waals surface area contributed by atoms with Gasteiger partial charge in [0.25, 0.3) is 0 Å². The van der Waals surface area contributed by atoms with Crippen molar-refractivity contribution in [3.8, 4) is 11.5 Å². The van der Waals surface area contributed by atoms with Crippen molar-refractivity contribution in [2.24, 2.45) is 0 Å². The van der Waals surface area contributed by atoms with Gasteiger partial charge in [0, 0.05) is 11.8 Å². The number of nitrogens with one attached hydrogen (secondary N) is 2. The molecule has 3 rings (SSSR count). The summed E-state index contributed by atoms with van der Waals surface area (Å²) in [6.07, 6.45) is 3.66. The maximum atomic E-state index is 9.52. The fraction of sp³-hybridized carbons (Fsp3) is 0.0833. The van der Waals surface area contributed by atoms with E-state index in [2.05, 4.69) is 10.9 Å². The number of hydrazine groups is 2. The molecule has 0 radical (unpaired) electrons. The van der Waals surface area contributed by atoms with E-state index in [9.17, 15) is 10.2 Å². The van der Waals surface area contributed by atoms with E-state index in [1.807, 2.05) is 19.2 Å². The predicted molar refractivity (Wildman–Crippen MR) is 75.9 cm³/mol. The SMILES string of the molecule is CC1=CC(=S)N2NN(c3ccc(O)c(O)c3)C=C2N1.[H-].[Na+]. The summed E-state index contributed by atoms with van der Waals surface area (Å²) in [6, 6.07) is 4.57.